The molecule has 28 heavy (non-hydrogen) atoms. The molecule has 8 heteroatoms. The molecule has 8 nitrogen and oxygen atoms in total. The van der Waals surface area contributed by atoms with E-state index < -0.39 is 18.1 Å². The monoisotopic (exact) mass is 408 g/mol. The fraction of sp³-hybridized carbons (Fsp3) is 0.950. The van der Waals surface area contributed by atoms with Crippen LogP contribution >= 0.6 is 0 Å². The van der Waals surface area contributed by atoms with Crippen molar-refractivity contribution >= 4 is 5.97 Å². The minimum atomic E-state index is -0.926. The van der Waals surface area contributed by atoms with Crippen LogP contribution in [0, 0.1) is 5.92 Å². The minimum Gasteiger partial charge on any atom is -0.463 e. The Bertz CT molecular complexity index is 366. The maximum atomic E-state index is 12.3. The molecule has 0 saturated carbocycles. The second-order valence-electron chi connectivity index (χ2n) is 7.01. The van der Waals surface area contributed by atoms with Gasteiger partial charge in [0.05, 0.1) is 50.7 Å². The van der Waals surface area contributed by atoms with Crippen LogP contribution in [0.2, 0.25) is 0 Å². The van der Waals surface area contributed by atoms with E-state index in [0.717, 1.165) is 25.7 Å². The van der Waals surface area contributed by atoms with Gasteiger partial charge >= 0.3 is 5.97 Å². The first kappa shape index (κ1) is 27.2. The molecule has 0 amide bonds. The van der Waals surface area contributed by atoms with Crippen LogP contribution in [0.3, 0.4) is 0 Å². The molecular weight excluding hydrogens is 368 g/mol. The van der Waals surface area contributed by atoms with Gasteiger partial charge in [0, 0.05) is 13.0 Å². The molecule has 0 saturated heterocycles. The molecule has 0 aromatic heterocycles. The van der Waals surface area contributed by atoms with Crippen molar-refractivity contribution in [3.8, 4) is 0 Å². The van der Waals surface area contributed by atoms with Crippen LogP contribution < -0.4 is 0 Å². The lowest BCUT2D eigenvalue weighted by Gasteiger charge is -2.20. The Labute approximate surface area is 168 Å². The predicted molar refractivity (Wildman–Crippen MR) is 105 cm³/mol. The van der Waals surface area contributed by atoms with Crippen LogP contribution in [-0.2, 0) is 19.0 Å². The van der Waals surface area contributed by atoms with Crippen molar-refractivity contribution in [3.63, 3.8) is 0 Å². The highest BCUT2D eigenvalue weighted by Crippen LogP contribution is 2.18. The van der Waals surface area contributed by atoms with E-state index >= 15 is 0 Å². The number of ether oxygens (including phenoxy) is 3. The van der Waals surface area contributed by atoms with Gasteiger partial charge in [-0.25, -0.2) is 0 Å². The molecule has 0 aliphatic heterocycles. The van der Waals surface area contributed by atoms with Crippen LogP contribution in [-0.4, -0.2) is 84.3 Å². The number of unbranched alkanes of at least 4 members (excludes halogenated alkanes) is 3. The number of rotatable bonds is 19. The maximum absolute atomic E-state index is 12.3. The second-order valence-corrected chi connectivity index (χ2v) is 7.01. The molecule has 0 aliphatic carbocycles. The average molecular weight is 409 g/mol. The molecule has 0 radical (unpaired) electrons. The van der Waals surface area contributed by atoms with E-state index in [1.165, 1.54) is 0 Å². The topological polar surface area (TPSA) is 126 Å². The summed E-state index contributed by atoms with van der Waals surface area (Å²) < 4.78 is 16.2. The van der Waals surface area contributed by atoms with Gasteiger partial charge in [-0.05, 0) is 19.8 Å². The summed E-state index contributed by atoms with van der Waals surface area (Å²) in [5.74, 6) is -0.820. The van der Waals surface area contributed by atoms with E-state index in [-0.39, 0.29) is 57.9 Å². The standard InChI is InChI=1S/C20H40O8/c1-3-5-6-7-8-16(11-17(23)13-21)20(25)28-10-9-26-15-19(27-4-2)12-18(24)14-22/h16-19,21-24H,3-15H2,1-2H3. The van der Waals surface area contributed by atoms with Crippen molar-refractivity contribution < 1.29 is 39.4 Å². The number of aliphatic hydroxyl groups excluding tert-OH is 4. The van der Waals surface area contributed by atoms with Crippen molar-refractivity contribution in [2.45, 2.75) is 77.1 Å². The second kappa shape index (κ2) is 18.3. The van der Waals surface area contributed by atoms with E-state index in [1.54, 1.807) is 0 Å². The van der Waals surface area contributed by atoms with Crippen molar-refractivity contribution in [1.29, 1.82) is 0 Å². The number of carbonyl (C=O) groups excluding carboxylic acids is 1. The molecule has 0 rings (SSSR count). The van der Waals surface area contributed by atoms with Gasteiger partial charge < -0.3 is 34.6 Å². The molecule has 0 bridgehead atoms. The first-order valence-corrected chi connectivity index (χ1v) is 10.4. The van der Waals surface area contributed by atoms with Gasteiger partial charge in [0.25, 0.3) is 0 Å². The zero-order valence-electron chi connectivity index (χ0n) is 17.4. The molecule has 0 heterocycles. The van der Waals surface area contributed by atoms with E-state index in [0.29, 0.717) is 13.0 Å². The molecule has 168 valence electrons. The lowest BCUT2D eigenvalue weighted by molar-refractivity contribution is -0.152. The van der Waals surface area contributed by atoms with E-state index in [9.17, 15) is 15.0 Å². The Morgan fingerprint density at radius 1 is 0.929 bits per heavy atom. The van der Waals surface area contributed by atoms with E-state index in [4.69, 9.17) is 24.4 Å². The lowest BCUT2D eigenvalue weighted by Crippen LogP contribution is -2.29. The SMILES string of the molecule is CCCCCCC(CC(O)CO)C(=O)OCCOCC(CC(O)CO)OCC. The Kier molecular flexibility index (Phi) is 17.8. The fourth-order valence-electron chi connectivity index (χ4n) is 2.88. The fourth-order valence-corrected chi connectivity index (χ4v) is 2.88. The van der Waals surface area contributed by atoms with Gasteiger partial charge in [0.2, 0.25) is 0 Å². The van der Waals surface area contributed by atoms with Gasteiger partial charge in [-0.2, -0.15) is 0 Å². The lowest BCUT2D eigenvalue weighted by atomic mass is 9.95. The summed E-state index contributed by atoms with van der Waals surface area (Å²) in [6.45, 7) is 4.21. The van der Waals surface area contributed by atoms with E-state index in [1.807, 2.05) is 6.92 Å². The van der Waals surface area contributed by atoms with Crippen LogP contribution in [0.25, 0.3) is 0 Å². The number of hydrogen-bond acceptors (Lipinski definition) is 8. The third-order valence-corrected chi connectivity index (χ3v) is 4.43. The largest absolute Gasteiger partial charge is 0.463 e. The summed E-state index contributed by atoms with van der Waals surface area (Å²) in [5, 5.41) is 37.1. The Morgan fingerprint density at radius 3 is 2.21 bits per heavy atom. The smallest absolute Gasteiger partial charge is 0.309 e. The van der Waals surface area contributed by atoms with E-state index in [2.05, 4.69) is 6.92 Å². The van der Waals surface area contributed by atoms with Crippen LogP contribution in [0.1, 0.15) is 58.8 Å². The molecule has 4 unspecified atom stereocenters. The van der Waals surface area contributed by atoms with Crippen LogP contribution in [0.4, 0.5) is 0 Å². The zero-order valence-corrected chi connectivity index (χ0v) is 17.4. The molecule has 4 N–H and O–H groups in total. The number of carbonyl (C=O) groups is 1. The average Bonchev–Trinajstić information content (AvgIpc) is 2.69. The van der Waals surface area contributed by atoms with Crippen molar-refractivity contribution in [2.75, 3.05) is 39.6 Å². The summed E-state index contributed by atoms with van der Waals surface area (Å²) in [7, 11) is 0. The highest BCUT2D eigenvalue weighted by atomic mass is 16.6. The molecule has 0 aromatic carbocycles. The summed E-state index contributed by atoms with van der Waals surface area (Å²) >= 11 is 0. The number of hydrogen-bond donors (Lipinski definition) is 4. The summed E-state index contributed by atoms with van der Waals surface area (Å²) in [4.78, 5) is 12.3. The Hall–Kier alpha value is -0.770. The normalized spacial score (nSPS) is 15.8. The van der Waals surface area contributed by atoms with Crippen molar-refractivity contribution in [1.82, 2.24) is 0 Å². The molecule has 4 atom stereocenters. The summed E-state index contributed by atoms with van der Waals surface area (Å²) in [6, 6.07) is 0. The van der Waals surface area contributed by atoms with Gasteiger partial charge in [-0.1, -0.05) is 32.6 Å². The highest BCUT2D eigenvalue weighted by Gasteiger charge is 2.23. The Balaban J connectivity index is 4.21. The van der Waals surface area contributed by atoms with Gasteiger partial charge in [0.15, 0.2) is 0 Å². The molecule has 0 aromatic rings. The van der Waals surface area contributed by atoms with Crippen molar-refractivity contribution in [2.24, 2.45) is 5.92 Å². The predicted octanol–water partition coefficient (Wildman–Crippen LogP) is 1.02. The first-order valence-electron chi connectivity index (χ1n) is 10.4. The molecule has 0 fully saturated rings. The minimum absolute atomic E-state index is 0.0842. The zero-order chi connectivity index (χ0) is 21.2. The Morgan fingerprint density at radius 2 is 1.61 bits per heavy atom. The molecule has 0 spiro atoms. The quantitative estimate of drug-likeness (QED) is 0.184. The van der Waals surface area contributed by atoms with Gasteiger partial charge in [0.1, 0.15) is 6.61 Å². The number of esters is 1. The van der Waals surface area contributed by atoms with Gasteiger partial charge in [-0.3, -0.25) is 4.79 Å². The highest BCUT2D eigenvalue weighted by molar-refractivity contribution is 5.72. The third-order valence-electron chi connectivity index (χ3n) is 4.43. The molecular formula is C20H40O8. The summed E-state index contributed by atoms with van der Waals surface area (Å²) in [6.07, 6.45) is 3.07. The molecule has 0 aliphatic rings. The van der Waals surface area contributed by atoms with Crippen molar-refractivity contribution in [3.05, 3.63) is 0 Å². The van der Waals surface area contributed by atoms with Crippen LogP contribution in [0.15, 0.2) is 0 Å². The summed E-state index contributed by atoms with van der Waals surface area (Å²) in [5.41, 5.74) is 0. The van der Waals surface area contributed by atoms with Gasteiger partial charge in [-0.15, -0.1) is 0 Å². The first-order chi connectivity index (χ1) is 13.5. The maximum Gasteiger partial charge on any atom is 0.309 e. The third kappa shape index (κ3) is 14.3. The van der Waals surface area contributed by atoms with Crippen LogP contribution in [0.5, 0.6) is 0 Å². The number of aliphatic hydroxyl groups is 4.